The highest BCUT2D eigenvalue weighted by Crippen LogP contribution is 2.27. The summed E-state index contributed by atoms with van der Waals surface area (Å²) in [6, 6.07) is 8.91. The lowest BCUT2D eigenvalue weighted by Gasteiger charge is -2.20. The first-order valence-corrected chi connectivity index (χ1v) is 13.0. The van der Waals surface area contributed by atoms with Crippen LogP contribution in [0.1, 0.15) is 38.0 Å². The summed E-state index contributed by atoms with van der Waals surface area (Å²) in [5.74, 6) is -6.73. The first-order valence-electron chi connectivity index (χ1n) is 12.2. The number of fused-ring (bicyclic) bond motifs is 1. The van der Waals surface area contributed by atoms with Crippen molar-refractivity contribution in [2.45, 2.75) is 13.0 Å². The summed E-state index contributed by atoms with van der Waals surface area (Å²) in [4.78, 5) is 75.8. The second-order valence-electron chi connectivity index (χ2n) is 8.95. The first-order chi connectivity index (χ1) is 20.3. The molecule has 0 aromatic heterocycles. The van der Waals surface area contributed by atoms with Crippen LogP contribution < -0.4 is 10.6 Å². The van der Waals surface area contributed by atoms with E-state index < -0.39 is 66.5 Å². The number of ether oxygens (including phenoxy) is 2. The van der Waals surface area contributed by atoms with Gasteiger partial charge in [0, 0.05) is 11.4 Å². The van der Waals surface area contributed by atoms with Gasteiger partial charge in [0.05, 0.1) is 26.7 Å². The van der Waals surface area contributed by atoms with Gasteiger partial charge in [0.25, 0.3) is 23.6 Å². The summed E-state index contributed by atoms with van der Waals surface area (Å²) < 4.78 is 36.4. The van der Waals surface area contributed by atoms with E-state index in [0.717, 1.165) is 24.3 Å². The van der Waals surface area contributed by atoms with Crippen molar-refractivity contribution in [1.82, 2.24) is 4.90 Å². The molecule has 3 aromatic carbocycles. The lowest BCUT2D eigenvalue weighted by molar-refractivity contribution is -0.150. The Labute approximate surface area is 251 Å². The average Bonchev–Trinajstić information content (AvgIpc) is 3.22. The van der Waals surface area contributed by atoms with Gasteiger partial charge in [-0.25, -0.2) is 18.4 Å². The fourth-order valence-electron chi connectivity index (χ4n) is 3.86. The van der Waals surface area contributed by atoms with E-state index in [0.29, 0.717) is 4.90 Å². The number of benzene rings is 3. The molecule has 0 radical (unpaired) electrons. The molecule has 0 fully saturated rings. The fourth-order valence-corrected chi connectivity index (χ4v) is 4.22. The molecule has 0 bridgehead atoms. The number of imide groups is 1. The molecule has 1 aliphatic heterocycles. The average molecular weight is 634 g/mol. The SMILES string of the molecule is CC(C(=O)OCC(=O)Nc1ccc(F)c(Cl)c1)N1C(=O)c2ccc(C(=O)OCC(=O)Nc3ccc(F)c(Cl)c3)cc2C1=O. The monoisotopic (exact) mass is 633 g/mol. The molecule has 1 aliphatic rings. The predicted molar refractivity (Wildman–Crippen MR) is 148 cm³/mol. The summed E-state index contributed by atoms with van der Waals surface area (Å²) in [6.07, 6.45) is 0. The molecule has 11 nitrogen and oxygen atoms in total. The van der Waals surface area contributed by atoms with Gasteiger partial charge in [-0.1, -0.05) is 23.2 Å². The minimum Gasteiger partial charge on any atom is -0.454 e. The highest BCUT2D eigenvalue weighted by Gasteiger charge is 2.42. The zero-order valence-corrected chi connectivity index (χ0v) is 23.4. The molecule has 4 rings (SSSR count). The Balaban J connectivity index is 1.33. The van der Waals surface area contributed by atoms with Gasteiger partial charge in [-0.05, 0) is 61.5 Å². The van der Waals surface area contributed by atoms with Crippen LogP contribution in [0.5, 0.6) is 0 Å². The van der Waals surface area contributed by atoms with Gasteiger partial charge < -0.3 is 20.1 Å². The normalized spacial score (nSPS) is 12.8. The predicted octanol–water partition coefficient (Wildman–Crippen LogP) is 4.23. The number of nitrogens with one attached hydrogen (secondary N) is 2. The molecule has 0 aliphatic carbocycles. The Morgan fingerprint density at radius 3 is 1.81 bits per heavy atom. The molecule has 3 aromatic rings. The largest absolute Gasteiger partial charge is 0.454 e. The highest BCUT2D eigenvalue weighted by molar-refractivity contribution is 6.31. The van der Waals surface area contributed by atoms with Gasteiger partial charge >= 0.3 is 11.9 Å². The number of hydrogen-bond donors (Lipinski definition) is 2. The van der Waals surface area contributed by atoms with Crippen LogP contribution in [0.3, 0.4) is 0 Å². The second kappa shape index (κ2) is 13.0. The quantitative estimate of drug-likeness (QED) is 0.263. The molecule has 0 spiro atoms. The van der Waals surface area contributed by atoms with Crippen LogP contribution in [-0.4, -0.2) is 59.7 Å². The number of nitrogens with zero attached hydrogens (tertiary/aromatic N) is 1. The van der Waals surface area contributed by atoms with Crippen molar-refractivity contribution in [1.29, 1.82) is 0 Å². The Morgan fingerprint density at radius 1 is 0.767 bits per heavy atom. The third kappa shape index (κ3) is 7.13. The Kier molecular flexibility index (Phi) is 9.37. The smallest absolute Gasteiger partial charge is 0.338 e. The van der Waals surface area contributed by atoms with Gasteiger partial charge in [-0.2, -0.15) is 0 Å². The molecular weight excluding hydrogens is 615 g/mol. The summed E-state index contributed by atoms with van der Waals surface area (Å²) in [5, 5.41) is 4.27. The number of esters is 2. The van der Waals surface area contributed by atoms with Crippen LogP contribution in [0.25, 0.3) is 0 Å². The van der Waals surface area contributed by atoms with Gasteiger partial charge in [0.2, 0.25) is 0 Å². The minimum atomic E-state index is -1.44. The molecule has 1 atom stereocenters. The molecule has 1 unspecified atom stereocenters. The molecule has 4 amide bonds. The van der Waals surface area contributed by atoms with Crippen molar-refractivity contribution in [3.05, 3.63) is 93.0 Å². The van der Waals surface area contributed by atoms with E-state index >= 15 is 0 Å². The van der Waals surface area contributed by atoms with Crippen LogP contribution in [0.15, 0.2) is 54.6 Å². The molecule has 43 heavy (non-hydrogen) atoms. The maximum atomic E-state index is 13.3. The van der Waals surface area contributed by atoms with Crippen molar-refractivity contribution in [2.75, 3.05) is 23.8 Å². The number of amides is 4. The maximum absolute atomic E-state index is 13.3. The molecule has 2 N–H and O–H groups in total. The third-order valence-electron chi connectivity index (χ3n) is 5.97. The van der Waals surface area contributed by atoms with Gasteiger partial charge in [0.1, 0.15) is 17.7 Å². The molecular formula is C28H19Cl2F2N3O8. The van der Waals surface area contributed by atoms with E-state index in [1.165, 1.54) is 37.3 Å². The number of halogens is 4. The zero-order chi connectivity index (χ0) is 31.4. The highest BCUT2D eigenvalue weighted by atomic mass is 35.5. The number of anilines is 2. The van der Waals surface area contributed by atoms with Gasteiger partial charge in [0.15, 0.2) is 13.2 Å². The number of rotatable bonds is 9. The van der Waals surface area contributed by atoms with Crippen LogP contribution in [0.2, 0.25) is 10.0 Å². The molecule has 0 saturated carbocycles. The fraction of sp³-hybridized carbons (Fsp3) is 0.143. The lowest BCUT2D eigenvalue weighted by Crippen LogP contribution is -2.44. The van der Waals surface area contributed by atoms with Crippen molar-refractivity contribution >= 4 is 70.1 Å². The van der Waals surface area contributed by atoms with E-state index in [-0.39, 0.29) is 38.1 Å². The summed E-state index contributed by atoms with van der Waals surface area (Å²) in [5.41, 5.74) is -0.144. The standard InChI is InChI=1S/C28H19Cl2F2N3O8/c1-13(27(40)42-11-23(36)33-15-3-6-21(31)19(29)9-15)35-25(38)17-5-2-14(8-18(17)26(35)39)28(41)43-12-24(37)34-16-4-7-22(32)20(30)10-16/h2-10,13H,11-12H2,1H3,(H,33,36)(H,34,37). The molecule has 15 heteroatoms. The van der Waals surface area contributed by atoms with E-state index in [1.54, 1.807) is 0 Å². The molecule has 1 heterocycles. The van der Waals surface area contributed by atoms with E-state index in [4.69, 9.17) is 32.7 Å². The maximum Gasteiger partial charge on any atom is 0.338 e. The Bertz CT molecular complexity index is 1680. The van der Waals surface area contributed by atoms with Crippen LogP contribution in [-0.2, 0) is 23.9 Å². The molecule has 222 valence electrons. The summed E-state index contributed by atoms with van der Waals surface area (Å²) in [7, 11) is 0. The van der Waals surface area contributed by atoms with Crippen LogP contribution in [0.4, 0.5) is 20.2 Å². The third-order valence-corrected chi connectivity index (χ3v) is 6.55. The van der Waals surface area contributed by atoms with Crippen molar-refractivity contribution in [3.63, 3.8) is 0 Å². The van der Waals surface area contributed by atoms with Crippen LogP contribution in [0, 0.1) is 11.6 Å². The van der Waals surface area contributed by atoms with Crippen LogP contribution >= 0.6 is 23.2 Å². The lowest BCUT2D eigenvalue weighted by atomic mass is 10.1. The number of carbonyl (C=O) groups is 6. The van der Waals surface area contributed by atoms with E-state index in [2.05, 4.69) is 10.6 Å². The van der Waals surface area contributed by atoms with Gasteiger partial charge in [-0.15, -0.1) is 0 Å². The second-order valence-corrected chi connectivity index (χ2v) is 9.77. The van der Waals surface area contributed by atoms with Gasteiger partial charge in [-0.3, -0.25) is 24.1 Å². The Morgan fingerprint density at radius 2 is 1.28 bits per heavy atom. The zero-order valence-electron chi connectivity index (χ0n) is 21.9. The van der Waals surface area contributed by atoms with Crippen molar-refractivity contribution < 1.29 is 47.0 Å². The van der Waals surface area contributed by atoms with Crippen molar-refractivity contribution in [3.8, 4) is 0 Å². The Hall–Kier alpha value is -4.88. The number of carbonyl (C=O) groups excluding carboxylic acids is 6. The summed E-state index contributed by atoms with van der Waals surface area (Å²) in [6.45, 7) is -0.294. The topological polar surface area (TPSA) is 148 Å². The molecule has 0 saturated heterocycles. The van der Waals surface area contributed by atoms with E-state index in [9.17, 15) is 37.5 Å². The van der Waals surface area contributed by atoms with Crippen molar-refractivity contribution in [2.24, 2.45) is 0 Å². The minimum absolute atomic E-state index is 0.0990. The summed E-state index contributed by atoms with van der Waals surface area (Å²) >= 11 is 11.3. The number of hydrogen-bond acceptors (Lipinski definition) is 8. The first kappa shape index (κ1) is 31.1. The van der Waals surface area contributed by atoms with E-state index in [1.807, 2.05) is 0 Å².